The van der Waals surface area contributed by atoms with Crippen LogP contribution in [0, 0.1) is 12.3 Å². The van der Waals surface area contributed by atoms with Crippen LogP contribution in [0.3, 0.4) is 0 Å². The third-order valence-electron chi connectivity index (χ3n) is 0.330. The largest absolute Gasteiger partial charge is 0.505 e. The zero-order valence-electron chi connectivity index (χ0n) is 4.05. The van der Waals surface area contributed by atoms with E-state index in [-0.39, 0.29) is 6.61 Å². The first-order valence-corrected chi connectivity index (χ1v) is 3.37. The number of terminal acetylenes is 1. The predicted molar refractivity (Wildman–Crippen MR) is 28.3 cm³/mol. The molecular weight excluding hydrogens is 111 g/mol. The van der Waals surface area contributed by atoms with Gasteiger partial charge in [-0.3, -0.25) is 0 Å². The molecule has 0 saturated heterocycles. The highest BCUT2D eigenvalue weighted by molar-refractivity contribution is 7.38. The molecule has 1 unspecified atom stereocenters. The van der Waals surface area contributed by atoms with Crippen molar-refractivity contribution in [3.05, 3.63) is 0 Å². The normalized spacial score (nSPS) is 10.0. The molecule has 0 aromatic carbocycles. The zero-order valence-corrected chi connectivity index (χ0v) is 4.94. The summed E-state index contributed by atoms with van der Waals surface area (Å²) in [6.45, 7) is 1.61. The van der Waals surface area contributed by atoms with Crippen LogP contribution in [0.2, 0.25) is 0 Å². The van der Waals surface area contributed by atoms with Crippen molar-refractivity contribution in [1.29, 1.82) is 0 Å². The molecule has 0 aromatic rings. The SMILES string of the molecule is C#CCO[P+](C)=O. The van der Waals surface area contributed by atoms with Gasteiger partial charge in [-0.1, -0.05) is 5.92 Å². The van der Waals surface area contributed by atoms with E-state index in [1.165, 1.54) is 6.66 Å². The molecule has 0 amide bonds. The van der Waals surface area contributed by atoms with E-state index in [1.807, 2.05) is 0 Å². The van der Waals surface area contributed by atoms with Crippen LogP contribution in [0.4, 0.5) is 0 Å². The minimum absolute atomic E-state index is 0.145. The van der Waals surface area contributed by atoms with Crippen molar-refractivity contribution in [3.63, 3.8) is 0 Å². The molecule has 0 heterocycles. The van der Waals surface area contributed by atoms with Crippen LogP contribution in [-0.4, -0.2) is 13.3 Å². The maximum Gasteiger partial charge on any atom is 0.505 e. The van der Waals surface area contributed by atoms with Gasteiger partial charge in [-0.2, -0.15) is 0 Å². The van der Waals surface area contributed by atoms with Gasteiger partial charge in [0.1, 0.15) is 0 Å². The fraction of sp³-hybridized carbons (Fsp3) is 0.500. The summed E-state index contributed by atoms with van der Waals surface area (Å²) in [4.78, 5) is 0. The van der Waals surface area contributed by atoms with Crippen LogP contribution in [0.15, 0.2) is 0 Å². The van der Waals surface area contributed by atoms with Crippen molar-refractivity contribution < 1.29 is 9.09 Å². The van der Waals surface area contributed by atoms with Gasteiger partial charge in [-0.05, 0) is 4.57 Å². The molecule has 0 fully saturated rings. The Labute approximate surface area is 43.7 Å². The van der Waals surface area contributed by atoms with Crippen molar-refractivity contribution in [2.75, 3.05) is 13.3 Å². The Balaban J connectivity index is 3.02. The van der Waals surface area contributed by atoms with Crippen LogP contribution in [0.1, 0.15) is 0 Å². The number of hydrogen-bond donors (Lipinski definition) is 0. The Bertz CT molecular complexity index is 103. The zero-order chi connectivity index (χ0) is 5.70. The monoisotopic (exact) mass is 117 g/mol. The third kappa shape index (κ3) is 5.62. The maximum atomic E-state index is 10.0. The highest BCUT2D eigenvalue weighted by Crippen LogP contribution is 2.13. The van der Waals surface area contributed by atoms with Gasteiger partial charge in [0.05, 0.1) is 0 Å². The van der Waals surface area contributed by atoms with Gasteiger partial charge >= 0.3 is 8.03 Å². The molecular formula is C4H6O2P+. The molecule has 0 radical (unpaired) electrons. The van der Waals surface area contributed by atoms with E-state index in [0.29, 0.717) is 0 Å². The van der Waals surface area contributed by atoms with Gasteiger partial charge in [-0.25, -0.2) is 0 Å². The lowest BCUT2D eigenvalue weighted by atomic mass is 10.8. The second-order valence-electron chi connectivity index (χ2n) is 0.917. The lowest BCUT2D eigenvalue weighted by Gasteiger charge is -1.71. The maximum absolute atomic E-state index is 10.0. The van der Waals surface area contributed by atoms with Crippen LogP contribution in [0.5, 0.6) is 0 Å². The topological polar surface area (TPSA) is 26.3 Å². The van der Waals surface area contributed by atoms with E-state index in [9.17, 15) is 4.57 Å². The summed E-state index contributed by atoms with van der Waals surface area (Å²) in [7, 11) is -1.50. The molecule has 2 nitrogen and oxygen atoms in total. The van der Waals surface area contributed by atoms with Crippen LogP contribution >= 0.6 is 8.03 Å². The van der Waals surface area contributed by atoms with Crippen LogP contribution in [0.25, 0.3) is 0 Å². The molecule has 7 heavy (non-hydrogen) atoms. The van der Waals surface area contributed by atoms with Crippen LogP contribution < -0.4 is 0 Å². The van der Waals surface area contributed by atoms with Crippen molar-refractivity contribution in [2.24, 2.45) is 0 Å². The van der Waals surface area contributed by atoms with Crippen molar-refractivity contribution in [2.45, 2.75) is 0 Å². The smallest absolute Gasteiger partial charge is 0.133 e. The van der Waals surface area contributed by atoms with Crippen LogP contribution in [-0.2, 0) is 9.09 Å². The molecule has 0 aliphatic carbocycles. The molecule has 0 aliphatic heterocycles. The fourth-order valence-electron chi connectivity index (χ4n) is 0.128. The second-order valence-corrected chi connectivity index (χ2v) is 2.05. The second kappa shape index (κ2) is 3.80. The van der Waals surface area contributed by atoms with Crippen molar-refractivity contribution in [3.8, 4) is 12.3 Å². The molecule has 38 valence electrons. The van der Waals surface area contributed by atoms with E-state index in [4.69, 9.17) is 6.42 Å². The minimum Gasteiger partial charge on any atom is -0.133 e. The third-order valence-corrected chi connectivity index (χ3v) is 0.822. The van der Waals surface area contributed by atoms with Gasteiger partial charge < -0.3 is 0 Å². The number of rotatable bonds is 2. The molecule has 0 saturated carbocycles. The van der Waals surface area contributed by atoms with Gasteiger partial charge in [0, 0.05) is 0 Å². The van der Waals surface area contributed by atoms with E-state index in [0.717, 1.165) is 0 Å². The van der Waals surface area contributed by atoms with Crippen molar-refractivity contribution >= 4 is 8.03 Å². The first kappa shape index (κ1) is 6.62. The van der Waals surface area contributed by atoms with E-state index >= 15 is 0 Å². The Morgan fingerprint density at radius 1 is 2.00 bits per heavy atom. The summed E-state index contributed by atoms with van der Waals surface area (Å²) in [6.07, 6.45) is 4.77. The Morgan fingerprint density at radius 3 is 2.71 bits per heavy atom. The fourth-order valence-corrected chi connectivity index (χ4v) is 0.385. The summed E-state index contributed by atoms with van der Waals surface area (Å²) >= 11 is 0. The summed E-state index contributed by atoms with van der Waals surface area (Å²) in [5, 5.41) is 0. The summed E-state index contributed by atoms with van der Waals surface area (Å²) in [5.74, 6) is 2.19. The van der Waals surface area contributed by atoms with E-state index in [2.05, 4.69) is 10.4 Å². The molecule has 3 heteroatoms. The lowest BCUT2D eigenvalue weighted by molar-refractivity contribution is 0.382. The average Bonchev–Trinajstić information content (AvgIpc) is 1.61. The molecule has 1 atom stereocenters. The van der Waals surface area contributed by atoms with Gasteiger partial charge in [0.2, 0.25) is 0 Å². The highest BCUT2D eigenvalue weighted by atomic mass is 31.1. The van der Waals surface area contributed by atoms with E-state index < -0.39 is 8.03 Å². The summed E-state index contributed by atoms with van der Waals surface area (Å²) in [5.41, 5.74) is 0. The molecule has 0 spiro atoms. The number of hydrogen-bond acceptors (Lipinski definition) is 2. The van der Waals surface area contributed by atoms with Gasteiger partial charge in [0.15, 0.2) is 13.3 Å². The quantitative estimate of drug-likeness (QED) is 0.398. The Hall–Kier alpha value is -0.380. The minimum atomic E-state index is -1.50. The Kier molecular flexibility index (Phi) is 3.59. The molecule has 0 aromatic heterocycles. The molecule has 0 aliphatic rings. The summed E-state index contributed by atoms with van der Waals surface area (Å²) < 4.78 is 14.5. The highest BCUT2D eigenvalue weighted by Gasteiger charge is 2.01. The predicted octanol–water partition coefficient (Wildman–Crippen LogP) is 1.01. The Morgan fingerprint density at radius 2 is 2.57 bits per heavy atom. The van der Waals surface area contributed by atoms with E-state index in [1.54, 1.807) is 0 Å². The van der Waals surface area contributed by atoms with Gasteiger partial charge in [-0.15, -0.1) is 10.9 Å². The first-order chi connectivity index (χ1) is 3.27. The summed E-state index contributed by atoms with van der Waals surface area (Å²) in [6, 6.07) is 0. The standard InChI is InChI=1S/C4H6O2P/c1-3-4-6-7(2)5/h1H,4H2,2H3/q+1. The van der Waals surface area contributed by atoms with Gasteiger partial charge in [0.25, 0.3) is 0 Å². The van der Waals surface area contributed by atoms with Crippen molar-refractivity contribution in [1.82, 2.24) is 0 Å². The lowest BCUT2D eigenvalue weighted by Crippen LogP contribution is -1.76. The molecule has 0 bridgehead atoms. The molecule has 0 rings (SSSR count). The first-order valence-electron chi connectivity index (χ1n) is 1.74. The molecule has 0 N–H and O–H groups in total. The average molecular weight is 117 g/mol.